The lowest BCUT2D eigenvalue weighted by Gasteiger charge is -2.36. The van der Waals surface area contributed by atoms with Gasteiger partial charge in [-0.05, 0) is 61.6 Å². The van der Waals surface area contributed by atoms with Gasteiger partial charge < -0.3 is 0 Å². The van der Waals surface area contributed by atoms with Crippen molar-refractivity contribution in [2.75, 3.05) is 25.1 Å². The number of benzene rings is 2. The minimum atomic E-state index is -0.308. The van der Waals surface area contributed by atoms with E-state index in [1.165, 1.54) is 18.6 Å². The normalized spacial score (nSPS) is 22.5. The van der Waals surface area contributed by atoms with Crippen molar-refractivity contribution in [2.45, 2.75) is 38.6 Å². The molecule has 0 unspecified atom stereocenters. The molecule has 4 rings (SSSR count). The molecule has 0 aromatic heterocycles. The van der Waals surface area contributed by atoms with Gasteiger partial charge in [0.15, 0.2) is 0 Å². The van der Waals surface area contributed by atoms with Crippen LogP contribution in [0.3, 0.4) is 0 Å². The monoisotopic (exact) mass is 477 g/mol. The number of carbonyl (C=O) groups is 1. The number of anilines is 1. The maximum atomic E-state index is 13.6. The van der Waals surface area contributed by atoms with Gasteiger partial charge in [-0.2, -0.15) is 10.5 Å². The zero-order chi connectivity index (χ0) is 22.9. The lowest BCUT2D eigenvalue weighted by atomic mass is 9.87. The highest BCUT2D eigenvalue weighted by Gasteiger charge is 2.43. The summed E-state index contributed by atoms with van der Waals surface area (Å²) in [5.74, 6) is -0.651. The maximum Gasteiger partial charge on any atom is 0.312 e. The van der Waals surface area contributed by atoms with Crippen LogP contribution in [0.5, 0.6) is 0 Å². The number of quaternary nitrogens is 1. The number of likely N-dealkylation sites (tertiary alicyclic amines) is 1. The molecule has 2 aliphatic rings. The number of carbonyl (C=O) groups excluding carboxylic acids is 1. The standard InChI is InChI=1S/C24H27Cl2FN4O/c1-3-19-22(24(32)29-31(2)13-5-4-6-14-31)28-30(21-12-9-17(25)15-20(21)26)23(19)16-7-10-18(27)11-8-16/h7-12,15,19,23H,3-6,13-14H2,1-2H3/p+1/t19-,23+/m1/s1. The Balaban J connectivity index is 1.73. The highest BCUT2D eigenvalue weighted by atomic mass is 35.5. The lowest BCUT2D eigenvalue weighted by Crippen LogP contribution is -2.61. The van der Waals surface area contributed by atoms with Crippen LogP contribution in [0.2, 0.25) is 10.0 Å². The van der Waals surface area contributed by atoms with E-state index in [-0.39, 0.29) is 23.7 Å². The van der Waals surface area contributed by atoms with E-state index in [1.54, 1.807) is 35.3 Å². The molecule has 2 aromatic rings. The first kappa shape index (κ1) is 23.0. The second kappa shape index (κ2) is 9.38. The molecule has 2 heterocycles. The Labute approximate surface area is 198 Å². The average Bonchev–Trinajstić information content (AvgIpc) is 3.14. The fourth-order valence-electron chi connectivity index (χ4n) is 4.73. The summed E-state index contributed by atoms with van der Waals surface area (Å²) in [6.45, 7) is 3.85. The molecular formula is C24H28Cl2FN4O+. The molecule has 0 spiro atoms. The molecular weight excluding hydrogens is 450 g/mol. The second-order valence-corrected chi connectivity index (χ2v) is 9.63. The first-order chi connectivity index (χ1) is 15.3. The van der Waals surface area contributed by atoms with Crippen LogP contribution in [0.25, 0.3) is 0 Å². The van der Waals surface area contributed by atoms with Gasteiger partial charge in [0.2, 0.25) is 0 Å². The summed E-state index contributed by atoms with van der Waals surface area (Å²) in [4.78, 5) is 13.4. The minimum absolute atomic E-state index is 0.166. The number of rotatable bonds is 5. The number of nitrogens with zero attached hydrogens (tertiary/aromatic N) is 3. The van der Waals surface area contributed by atoms with Crippen LogP contribution >= 0.6 is 23.2 Å². The molecule has 0 bridgehead atoms. The van der Waals surface area contributed by atoms with Gasteiger partial charge in [-0.15, -0.1) is 0 Å². The van der Waals surface area contributed by atoms with Crippen LogP contribution in [0.4, 0.5) is 10.1 Å². The van der Waals surface area contributed by atoms with Crippen molar-refractivity contribution < 1.29 is 13.8 Å². The maximum absolute atomic E-state index is 13.6. The number of piperidine rings is 1. The van der Waals surface area contributed by atoms with E-state index in [0.717, 1.165) is 31.5 Å². The third-order valence-electron chi connectivity index (χ3n) is 6.43. The van der Waals surface area contributed by atoms with Crippen LogP contribution < -0.4 is 10.4 Å². The Kier molecular flexibility index (Phi) is 6.75. The Morgan fingerprint density at radius 2 is 1.84 bits per heavy atom. The number of nitrogens with one attached hydrogen (secondary N) is 1. The molecule has 0 saturated carbocycles. The van der Waals surface area contributed by atoms with Crippen LogP contribution in [0.15, 0.2) is 47.6 Å². The molecule has 8 heteroatoms. The Morgan fingerprint density at radius 1 is 1.16 bits per heavy atom. The quantitative estimate of drug-likeness (QED) is 0.558. The molecule has 5 nitrogen and oxygen atoms in total. The summed E-state index contributed by atoms with van der Waals surface area (Å²) in [5, 5.41) is 7.53. The van der Waals surface area contributed by atoms with Gasteiger partial charge in [0, 0.05) is 10.9 Å². The molecule has 170 valence electrons. The van der Waals surface area contributed by atoms with E-state index in [2.05, 4.69) is 12.5 Å². The molecule has 0 radical (unpaired) electrons. The third kappa shape index (κ3) is 4.63. The number of hydrogen-bond acceptors (Lipinski definition) is 3. The molecule has 2 aromatic carbocycles. The van der Waals surface area contributed by atoms with Crippen LogP contribution in [0, 0.1) is 11.7 Å². The van der Waals surface area contributed by atoms with Gasteiger partial charge in [-0.3, -0.25) is 9.80 Å². The minimum Gasteiger partial charge on any atom is -0.263 e. The third-order valence-corrected chi connectivity index (χ3v) is 6.96. The Hall–Kier alpha value is -2.15. The molecule has 1 N–H and O–H groups in total. The first-order valence-electron chi connectivity index (χ1n) is 11.1. The van der Waals surface area contributed by atoms with Crippen molar-refractivity contribution in [1.82, 2.24) is 5.43 Å². The van der Waals surface area contributed by atoms with E-state index < -0.39 is 0 Å². The van der Waals surface area contributed by atoms with Gasteiger partial charge >= 0.3 is 5.91 Å². The van der Waals surface area contributed by atoms with Gasteiger partial charge in [0.1, 0.15) is 24.6 Å². The topological polar surface area (TPSA) is 44.7 Å². The van der Waals surface area contributed by atoms with Gasteiger partial charge in [0.25, 0.3) is 0 Å². The highest BCUT2D eigenvalue weighted by Crippen LogP contribution is 2.43. The fourth-order valence-corrected chi connectivity index (χ4v) is 5.23. The van der Waals surface area contributed by atoms with Crippen molar-refractivity contribution in [3.63, 3.8) is 0 Å². The molecule has 2 aliphatic heterocycles. The lowest BCUT2D eigenvalue weighted by molar-refractivity contribution is -0.947. The van der Waals surface area contributed by atoms with Gasteiger partial charge in [0.05, 0.1) is 23.8 Å². The van der Waals surface area contributed by atoms with Crippen molar-refractivity contribution in [3.05, 3.63) is 63.9 Å². The molecule has 1 saturated heterocycles. The van der Waals surface area contributed by atoms with Crippen molar-refractivity contribution >= 4 is 40.5 Å². The SMILES string of the molecule is CC[C@@H]1C(C(=O)N[N+]2(C)CCCCC2)=NN(c2ccc(Cl)cc2Cl)[C@H]1c1ccc(F)cc1. The first-order valence-corrected chi connectivity index (χ1v) is 11.8. The summed E-state index contributed by atoms with van der Waals surface area (Å²) in [7, 11) is 2.05. The fraction of sp³-hybridized carbons (Fsp3) is 0.417. The molecule has 1 fully saturated rings. The van der Waals surface area contributed by atoms with Crippen molar-refractivity contribution in [1.29, 1.82) is 0 Å². The zero-order valence-corrected chi connectivity index (χ0v) is 19.8. The largest absolute Gasteiger partial charge is 0.312 e. The van der Waals surface area contributed by atoms with E-state index in [1.807, 2.05) is 6.92 Å². The summed E-state index contributed by atoms with van der Waals surface area (Å²) < 4.78 is 14.2. The molecule has 32 heavy (non-hydrogen) atoms. The number of amides is 1. The van der Waals surface area contributed by atoms with Gasteiger partial charge in [-0.1, -0.05) is 42.3 Å². The number of hydrazone groups is 1. The van der Waals surface area contributed by atoms with E-state index in [4.69, 9.17) is 28.3 Å². The highest BCUT2D eigenvalue weighted by molar-refractivity contribution is 6.40. The molecule has 2 atom stereocenters. The average molecular weight is 478 g/mol. The summed E-state index contributed by atoms with van der Waals surface area (Å²) >= 11 is 12.6. The van der Waals surface area contributed by atoms with Gasteiger partial charge in [-0.25, -0.2) is 8.98 Å². The Morgan fingerprint density at radius 3 is 2.47 bits per heavy atom. The number of hydrogen-bond donors (Lipinski definition) is 1. The van der Waals surface area contributed by atoms with Crippen LogP contribution in [0.1, 0.15) is 44.2 Å². The van der Waals surface area contributed by atoms with E-state index >= 15 is 0 Å². The summed E-state index contributed by atoms with van der Waals surface area (Å²) in [5.41, 5.74) is 5.20. The molecule has 1 amide bonds. The smallest absolute Gasteiger partial charge is 0.263 e. The van der Waals surface area contributed by atoms with Crippen molar-refractivity contribution in [3.8, 4) is 0 Å². The molecule has 0 aliphatic carbocycles. The summed E-state index contributed by atoms with van der Waals surface area (Å²) in [6.07, 6.45) is 4.06. The van der Waals surface area contributed by atoms with Crippen LogP contribution in [-0.2, 0) is 4.79 Å². The number of halogens is 3. The second-order valence-electron chi connectivity index (χ2n) is 8.78. The predicted octanol–water partition coefficient (Wildman–Crippen LogP) is 5.74. The zero-order valence-electron chi connectivity index (χ0n) is 18.3. The predicted molar refractivity (Wildman–Crippen MR) is 127 cm³/mol. The van der Waals surface area contributed by atoms with E-state index in [0.29, 0.717) is 32.5 Å². The van der Waals surface area contributed by atoms with E-state index in [9.17, 15) is 9.18 Å². The Bertz CT molecular complexity index is 1020. The summed E-state index contributed by atoms with van der Waals surface area (Å²) in [6, 6.07) is 11.3. The van der Waals surface area contributed by atoms with Crippen LogP contribution in [-0.4, -0.2) is 36.3 Å². The van der Waals surface area contributed by atoms with Crippen molar-refractivity contribution in [2.24, 2.45) is 11.0 Å².